The molecule has 2 nitrogen and oxygen atoms in total. The second-order valence-electron chi connectivity index (χ2n) is 4.74. The van der Waals surface area contributed by atoms with E-state index in [0.29, 0.717) is 6.61 Å². The maximum Gasteiger partial charge on any atom is 0.127 e. The molecule has 0 aliphatic heterocycles. The van der Waals surface area contributed by atoms with Gasteiger partial charge in [-0.05, 0) is 30.4 Å². The van der Waals surface area contributed by atoms with E-state index >= 15 is 0 Å². The lowest BCUT2D eigenvalue weighted by molar-refractivity contribution is 0.282. The van der Waals surface area contributed by atoms with Crippen LogP contribution in [0.1, 0.15) is 12.8 Å². The second kappa shape index (κ2) is 4.00. The summed E-state index contributed by atoms with van der Waals surface area (Å²) in [5.41, 5.74) is 5.96. The first-order chi connectivity index (χ1) is 8.18. The third-order valence-electron chi connectivity index (χ3n) is 3.24. The quantitative estimate of drug-likeness (QED) is 0.940. The summed E-state index contributed by atoms with van der Waals surface area (Å²) >= 11 is 3.55. The average Bonchev–Trinajstić information content (AvgIpc) is 3.08. The fourth-order valence-electron chi connectivity index (χ4n) is 1.89. The molecular formula is C14H14BrNO. The van der Waals surface area contributed by atoms with Crippen molar-refractivity contribution in [2.45, 2.75) is 18.4 Å². The van der Waals surface area contributed by atoms with Crippen LogP contribution in [0.15, 0.2) is 40.9 Å². The second-order valence-corrected chi connectivity index (χ2v) is 5.60. The van der Waals surface area contributed by atoms with E-state index in [2.05, 4.69) is 28.1 Å². The van der Waals surface area contributed by atoms with Gasteiger partial charge in [-0.1, -0.05) is 40.2 Å². The standard InChI is InChI=1S/C14H14BrNO/c15-12-5-6-13(17-9-14(16)7-8-14)11-4-2-1-3-10(11)12/h1-6H,7-9,16H2. The Kier molecular flexibility index (Phi) is 2.60. The highest BCUT2D eigenvalue weighted by atomic mass is 79.9. The fourth-order valence-corrected chi connectivity index (χ4v) is 2.36. The number of nitrogens with two attached hydrogens (primary N) is 1. The number of fused-ring (bicyclic) bond motifs is 1. The van der Waals surface area contributed by atoms with Crippen molar-refractivity contribution in [1.82, 2.24) is 0 Å². The molecule has 3 heteroatoms. The molecule has 0 bridgehead atoms. The van der Waals surface area contributed by atoms with Gasteiger partial charge in [0.25, 0.3) is 0 Å². The molecule has 17 heavy (non-hydrogen) atoms. The molecule has 1 fully saturated rings. The number of benzene rings is 2. The molecule has 1 aliphatic carbocycles. The molecular weight excluding hydrogens is 278 g/mol. The average molecular weight is 292 g/mol. The molecule has 2 N–H and O–H groups in total. The van der Waals surface area contributed by atoms with E-state index in [9.17, 15) is 0 Å². The third-order valence-corrected chi connectivity index (χ3v) is 3.93. The minimum Gasteiger partial charge on any atom is -0.491 e. The molecule has 0 heterocycles. The first-order valence-electron chi connectivity index (χ1n) is 5.77. The highest BCUT2D eigenvalue weighted by Gasteiger charge is 2.39. The summed E-state index contributed by atoms with van der Waals surface area (Å²) in [6, 6.07) is 12.2. The maximum atomic E-state index is 6.03. The van der Waals surface area contributed by atoms with Gasteiger partial charge in [0, 0.05) is 9.86 Å². The number of ether oxygens (including phenoxy) is 1. The molecule has 0 saturated heterocycles. The molecule has 3 rings (SSSR count). The van der Waals surface area contributed by atoms with Crippen molar-refractivity contribution in [2.75, 3.05) is 6.61 Å². The Bertz CT molecular complexity index is 563. The Morgan fingerprint density at radius 3 is 2.53 bits per heavy atom. The van der Waals surface area contributed by atoms with Crippen LogP contribution < -0.4 is 10.5 Å². The van der Waals surface area contributed by atoms with Gasteiger partial charge in [0.1, 0.15) is 12.4 Å². The fraction of sp³-hybridized carbons (Fsp3) is 0.286. The number of hydrogen-bond donors (Lipinski definition) is 1. The zero-order valence-corrected chi connectivity index (χ0v) is 11.0. The molecule has 0 unspecified atom stereocenters. The van der Waals surface area contributed by atoms with Crippen LogP contribution in [0.2, 0.25) is 0 Å². The van der Waals surface area contributed by atoms with Gasteiger partial charge in [-0.3, -0.25) is 0 Å². The van der Waals surface area contributed by atoms with Crippen LogP contribution in [-0.4, -0.2) is 12.1 Å². The molecule has 0 radical (unpaired) electrons. The largest absolute Gasteiger partial charge is 0.491 e. The summed E-state index contributed by atoms with van der Waals surface area (Å²) in [7, 11) is 0. The first kappa shape index (κ1) is 11.1. The Labute approximate surface area is 109 Å². The lowest BCUT2D eigenvalue weighted by Crippen LogP contribution is -2.29. The molecule has 0 spiro atoms. The van der Waals surface area contributed by atoms with E-state index < -0.39 is 0 Å². The molecule has 0 atom stereocenters. The van der Waals surface area contributed by atoms with Gasteiger partial charge in [0.15, 0.2) is 0 Å². The van der Waals surface area contributed by atoms with Gasteiger partial charge in [0.05, 0.1) is 5.54 Å². The van der Waals surface area contributed by atoms with Gasteiger partial charge in [-0.25, -0.2) is 0 Å². The first-order valence-corrected chi connectivity index (χ1v) is 6.56. The van der Waals surface area contributed by atoms with Crippen molar-refractivity contribution in [1.29, 1.82) is 0 Å². The zero-order valence-electron chi connectivity index (χ0n) is 9.45. The molecule has 0 aromatic heterocycles. The van der Waals surface area contributed by atoms with Crippen molar-refractivity contribution < 1.29 is 4.74 Å². The van der Waals surface area contributed by atoms with Gasteiger partial charge < -0.3 is 10.5 Å². The van der Waals surface area contributed by atoms with Crippen LogP contribution in [0.5, 0.6) is 5.75 Å². The normalized spacial score (nSPS) is 17.1. The van der Waals surface area contributed by atoms with Gasteiger partial charge in [0.2, 0.25) is 0 Å². The predicted octanol–water partition coefficient (Wildman–Crippen LogP) is 3.47. The van der Waals surface area contributed by atoms with E-state index in [1.54, 1.807) is 0 Å². The van der Waals surface area contributed by atoms with Crippen molar-refractivity contribution in [3.8, 4) is 5.75 Å². The Morgan fingerprint density at radius 1 is 1.12 bits per heavy atom. The molecule has 1 saturated carbocycles. The van der Waals surface area contributed by atoms with Crippen molar-refractivity contribution in [3.63, 3.8) is 0 Å². The minimum atomic E-state index is -0.0752. The Morgan fingerprint density at radius 2 is 1.82 bits per heavy atom. The summed E-state index contributed by atoms with van der Waals surface area (Å²) in [5.74, 6) is 0.917. The van der Waals surface area contributed by atoms with E-state index in [0.717, 1.165) is 28.5 Å². The summed E-state index contributed by atoms with van der Waals surface area (Å²) in [4.78, 5) is 0. The molecule has 2 aromatic rings. The van der Waals surface area contributed by atoms with E-state index in [1.165, 1.54) is 5.39 Å². The van der Waals surface area contributed by atoms with Crippen LogP contribution >= 0.6 is 15.9 Å². The number of halogens is 1. The van der Waals surface area contributed by atoms with Crippen LogP contribution in [0, 0.1) is 0 Å². The van der Waals surface area contributed by atoms with Crippen LogP contribution in [0.4, 0.5) is 0 Å². The molecule has 0 amide bonds. The van der Waals surface area contributed by atoms with E-state index in [-0.39, 0.29) is 5.54 Å². The van der Waals surface area contributed by atoms with Crippen LogP contribution in [0.3, 0.4) is 0 Å². The third kappa shape index (κ3) is 2.17. The summed E-state index contributed by atoms with van der Waals surface area (Å²) in [5, 5.41) is 2.30. The maximum absolute atomic E-state index is 6.03. The van der Waals surface area contributed by atoms with Crippen molar-refractivity contribution >= 4 is 26.7 Å². The smallest absolute Gasteiger partial charge is 0.127 e. The summed E-state index contributed by atoms with van der Waals surface area (Å²) in [6.07, 6.45) is 2.14. The van der Waals surface area contributed by atoms with Gasteiger partial charge in [-0.15, -0.1) is 0 Å². The number of hydrogen-bond acceptors (Lipinski definition) is 2. The Hall–Kier alpha value is -1.06. The van der Waals surface area contributed by atoms with Gasteiger partial charge >= 0.3 is 0 Å². The van der Waals surface area contributed by atoms with Crippen LogP contribution in [0.25, 0.3) is 10.8 Å². The van der Waals surface area contributed by atoms with E-state index in [1.807, 2.05) is 24.3 Å². The zero-order chi connectivity index (χ0) is 11.9. The van der Waals surface area contributed by atoms with Crippen molar-refractivity contribution in [3.05, 3.63) is 40.9 Å². The SMILES string of the molecule is NC1(COc2ccc(Br)c3ccccc23)CC1. The lowest BCUT2D eigenvalue weighted by Gasteiger charge is -2.13. The monoisotopic (exact) mass is 291 g/mol. The predicted molar refractivity (Wildman–Crippen MR) is 73.3 cm³/mol. The highest BCUT2D eigenvalue weighted by Crippen LogP contribution is 2.35. The minimum absolute atomic E-state index is 0.0752. The van der Waals surface area contributed by atoms with Crippen LogP contribution in [-0.2, 0) is 0 Å². The van der Waals surface area contributed by atoms with E-state index in [4.69, 9.17) is 10.5 Å². The molecule has 2 aromatic carbocycles. The summed E-state index contributed by atoms with van der Waals surface area (Å²) in [6.45, 7) is 0.610. The topological polar surface area (TPSA) is 35.2 Å². The number of rotatable bonds is 3. The van der Waals surface area contributed by atoms with Gasteiger partial charge in [-0.2, -0.15) is 0 Å². The summed E-state index contributed by atoms with van der Waals surface area (Å²) < 4.78 is 6.95. The Balaban J connectivity index is 1.96. The van der Waals surface area contributed by atoms with Crippen molar-refractivity contribution in [2.24, 2.45) is 5.73 Å². The molecule has 1 aliphatic rings. The highest BCUT2D eigenvalue weighted by molar-refractivity contribution is 9.10. The molecule has 88 valence electrons. The lowest BCUT2D eigenvalue weighted by atomic mass is 10.1.